The van der Waals surface area contributed by atoms with Gasteiger partial charge in [0.15, 0.2) is 0 Å². The Kier molecular flexibility index (Phi) is 7.86. The van der Waals surface area contributed by atoms with Crippen LogP contribution < -0.4 is 10.6 Å². The Balaban J connectivity index is 2.69. The Labute approximate surface area is 141 Å². The predicted octanol–water partition coefficient (Wildman–Crippen LogP) is 0.885. The van der Waals surface area contributed by atoms with Gasteiger partial charge in [0.25, 0.3) is 0 Å². The number of carbonyl (C=O) groups is 2. The van der Waals surface area contributed by atoms with E-state index in [-0.39, 0.29) is 23.1 Å². The van der Waals surface area contributed by atoms with E-state index in [2.05, 4.69) is 26.0 Å². The van der Waals surface area contributed by atoms with E-state index in [0.717, 1.165) is 15.6 Å². The zero-order valence-electron chi connectivity index (χ0n) is 12.2. The summed E-state index contributed by atoms with van der Waals surface area (Å²) in [5, 5.41) is 11.4. The molecule has 0 fully saturated rings. The fourth-order valence-corrected chi connectivity index (χ4v) is 2.50. The van der Waals surface area contributed by atoms with Gasteiger partial charge in [-0.3, -0.25) is 4.79 Å². The first kappa shape index (κ1) is 18.4. The number of halogens is 1. The molecule has 0 aliphatic heterocycles. The number of allylic oxidation sites excluding steroid dienone is 1. The van der Waals surface area contributed by atoms with Crippen LogP contribution in [0.2, 0.25) is 0 Å². The first-order valence-electron chi connectivity index (χ1n) is 6.32. The maximum atomic E-state index is 11.9. The molecule has 1 aromatic carbocycles. The monoisotopic (exact) mass is 386 g/mol. The van der Waals surface area contributed by atoms with Crippen LogP contribution in [-0.4, -0.2) is 38.0 Å². The Hall–Kier alpha value is -1.64. The number of rotatable bonds is 7. The molecule has 1 rings (SSSR count). The highest BCUT2D eigenvalue weighted by atomic mass is 79.9. The Morgan fingerprint density at radius 1 is 1.41 bits per heavy atom. The van der Waals surface area contributed by atoms with Crippen molar-refractivity contribution < 1.29 is 19.6 Å². The molecule has 8 heteroatoms. The number of quaternary nitrogens is 1. The van der Waals surface area contributed by atoms with E-state index in [1.54, 1.807) is 7.05 Å². The predicted molar refractivity (Wildman–Crippen MR) is 88.7 cm³/mol. The molecular weight excluding hydrogens is 370 g/mol. The number of nitrogens with two attached hydrogens (primary N) is 1. The molecule has 0 radical (unpaired) electrons. The lowest BCUT2D eigenvalue weighted by Crippen LogP contribution is -2.80. The van der Waals surface area contributed by atoms with Gasteiger partial charge in [-0.15, -0.1) is 11.8 Å². The van der Waals surface area contributed by atoms with Gasteiger partial charge < -0.3 is 20.8 Å². The molecule has 0 atom stereocenters. The van der Waals surface area contributed by atoms with Crippen LogP contribution in [0.15, 0.2) is 45.0 Å². The van der Waals surface area contributed by atoms with Gasteiger partial charge >= 0.3 is 5.97 Å². The summed E-state index contributed by atoms with van der Waals surface area (Å²) in [5.74, 6) is -0.714. The van der Waals surface area contributed by atoms with Crippen molar-refractivity contribution in [3.05, 3.63) is 40.1 Å². The highest BCUT2D eigenvalue weighted by molar-refractivity contribution is 9.10. The molecule has 22 heavy (non-hydrogen) atoms. The van der Waals surface area contributed by atoms with Gasteiger partial charge in [0, 0.05) is 15.6 Å². The van der Waals surface area contributed by atoms with Crippen molar-refractivity contribution in [3.63, 3.8) is 0 Å². The zero-order chi connectivity index (χ0) is 16.5. The lowest BCUT2D eigenvalue weighted by atomic mass is 10.3. The molecule has 0 spiro atoms. The lowest BCUT2D eigenvalue weighted by molar-refractivity contribution is -0.572. The lowest BCUT2D eigenvalue weighted by Gasteiger charge is -2.08. The van der Waals surface area contributed by atoms with E-state index < -0.39 is 5.97 Å². The molecular formula is C14H17BrN3O3S+. The fourth-order valence-electron chi connectivity index (χ4n) is 1.54. The van der Waals surface area contributed by atoms with Crippen molar-refractivity contribution in [2.45, 2.75) is 4.90 Å². The minimum Gasteiger partial charge on any atom is -0.461 e. The maximum Gasteiger partial charge on any atom is 0.394 e. The third-order valence-electron chi connectivity index (χ3n) is 2.59. The van der Waals surface area contributed by atoms with Gasteiger partial charge in [-0.1, -0.05) is 15.9 Å². The second kappa shape index (κ2) is 9.39. The summed E-state index contributed by atoms with van der Waals surface area (Å²) in [5.41, 5.74) is 0.273. The number of hydrogen-bond acceptors (Lipinski definition) is 5. The van der Waals surface area contributed by atoms with Crippen molar-refractivity contribution in [3.8, 4) is 0 Å². The number of ether oxygens (including phenoxy) is 1. The van der Waals surface area contributed by atoms with Gasteiger partial charge in [0.1, 0.15) is 5.70 Å². The van der Waals surface area contributed by atoms with Crippen LogP contribution in [0.4, 0.5) is 0 Å². The normalized spacial score (nSPS) is 11.4. The van der Waals surface area contributed by atoms with Crippen LogP contribution in [0.25, 0.3) is 0 Å². The molecule has 0 saturated carbocycles. The summed E-state index contributed by atoms with van der Waals surface area (Å²) in [6, 6.07) is 7.58. The molecule has 4 N–H and O–H groups in total. The highest BCUT2D eigenvalue weighted by Gasteiger charge is 2.19. The van der Waals surface area contributed by atoms with E-state index in [1.807, 2.05) is 24.3 Å². The molecule has 0 saturated heterocycles. The van der Waals surface area contributed by atoms with Crippen LogP contribution >= 0.6 is 27.7 Å². The molecule has 6 nitrogen and oxygen atoms in total. The third-order valence-corrected chi connectivity index (χ3v) is 4.13. The molecule has 0 aliphatic rings. The minimum atomic E-state index is -0.595. The van der Waals surface area contributed by atoms with Crippen molar-refractivity contribution in [1.29, 1.82) is 5.41 Å². The number of thioether (sulfide) groups is 1. The maximum absolute atomic E-state index is 11.9. The standard InChI is InChI=1S/C14H16BrN3O3S/c1-17-13(14(20)21-2)11(7-16)18-12(19)8-22-10-5-3-9(15)4-6-10/h3-7,16-17H,8H2,1-2H3,(H,18,19)/p+1/b13-11+,16-7?. The smallest absolute Gasteiger partial charge is 0.394 e. The van der Waals surface area contributed by atoms with Crippen molar-refractivity contribution >= 4 is 45.8 Å². The van der Waals surface area contributed by atoms with Crippen LogP contribution in [0.3, 0.4) is 0 Å². The number of likely N-dealkylation sites (N-methyl/N-ethyl adjacent to an activating group) is 1. The average Bonchev–Trinajstić information content (AvgIpc) is 2.53. The van der Waals surface area contributed by atoms with Gasteiger partial charge in [0.05, 0.1) is 19.9 Å². The number of carbonyl (C=O) groups excluding carboxylic acids is 2. The molecule has 118 valence electrons. The van der Waals surface area contributed by atoms with E-state index in [1.165, 1.54) is 24.2 Å². The molecule has 0 unspecified atom stereocenters. The van der Waals surface area contributed by atoms with E-state index in [4.69, 9.17) is 5.41 Å². The van der Waals surface area contributed by atoms with Crippen LogP contribution in [0, 0.1) is 5.41 Å². The number of amides is 1. The van der Waals surface area contributed by atoms with Crippen molar-refractivity contribution in [2.75, 3.05) is 19.9 Å². The summed E-state index contributed by atoms with van der Waals surface area (Å²) >= 11 is 4.71. The second-order valence-corrected chi connectivity index (χ2v) is 6.01. The first-order chi connectivity index (χ1) is 10.5. The zero-order valence-corrected chi connectivity index (χ0v) is 14.6. The van der Waals surface area contributed by atoms with E-state index >= 15 is 0 Å². The number of benzene rings is 1. The van der Waals surface area contributed by atoms with Crippen LogP contribution in [0.1, 0.15) is 0 Å². The number of esters is 1. The van der Waals surface area contributed by atoms with Gasteiger partial charge in [-0.2, -0.15) is 0 Å². The van der Waals surface area contributed by atoms with E-state index in [9.17, 15) is 9.59 Å². The van der Waals surface area contributed by atoms with Crippen LogP contribution in [-0.2, 0) is 14.3 Å². The quantitative estimate of drug-likeness (QED) is 0.280. The van der Waals surface area contributed by atoms with Gasteiger partial charge in [-0.25, -0.2) is 4.79 Å². The molecule has 0 aliphatic carbocycles. The second-order valence-electron chi connectivity index (χ2n) is 4.04. The number of methoxy groups -OCH3 is 1. The summed E-state index contributed by atoms with van der Waals surface area (Å²) in [4.78, 5) is 24.5. The largest absolute Gasteiger partial charge is 0.461 e. The SMILES string of the molecule is C[NH2+]/C(C(=O)OC)=C(\C=N)NC(=O)CSc1ccc(Br)cc1. The molecule has 0 aromatic heterocycles. The Morgan fingerprint density at radius 2 is 2.05 bits per heavy atom. The van der Waals surface area contributed by atoms with Crippen molar-refractivity contribution in [1.82, 2.24) is 5.32 Å². The minimum absolute atomic E-state index is 0.121. The Bertz CT molecular complexity index is 588. The molecule has 1 amide bonds. The highest BCUT2D eigenvalue weighted by Crippen LogP contribution is 2.20. The molecule has 0 heterocycles. The average molecular weight is 387 g/mol. The van der Waals surface area contributed by atoms with Crippen LogP contribution in [0.5, 0.6) is 0 Å². The number of hydrogen-bond donors (Lipinski definition) is 3. The third kappa shape index (κ3) is 5.63. The van der Waals surface area contributed by atoms with E-state index in [0.29, 0.717) is 0 Å². The topological polar surface area (TPSA) is 95.9 Å². The summed E-state index contributed by atoms with van der Waals surface area (Å²) < 4.78 is 5.58. The summed E-state index contributed by atoms with van der Waals surface area (Å²) in [6.45, 7) is 0. The van der Waals surface area contributed by atoms with Gasteiger partial charge in [-0.05, 0) is 24.3 Å². The summed E-state index contributed by atoms with van der Waals surface area (Å²) in [6.07, 6.45) is 0.925. The number of nitrogens with one attached hydrogen (secondary N) is 2. The first-order valence-corrected chi connectivity index (χ1v) is 8.10. The Morgan fingerprint density at radius 3 is 2.55 bits per heavy atom. The molecule has 0 bridgehead atoms. The van der Waals surface area contributed by atoms with Crippen molar-refractivity contribution in [2.24, 2.45) is 0 Å². The molecule has 1 aromatic rings. The fraction of sp³-hybridized carbons (Fsp3) is 0.214. The van der Waals surface area contributed by atoms with Gasteiger partial charge in [0.2, 0.25) is 11.6 Å². The summed E-state index contributed by atoms with van der Waals surface area (Å²) in [7, 11) is 2.89.